The van der Waals surface area contributed by atoms with E-state index in [2.05, 4.69) is 33.7 Å². The highest BCUT2D eigenvalue weighted by Gasteiger charge is 1.96. The summed E-state index contributed by atoms with van der Waals surface area (Å²) in [4.78, 5) is 4.33. The fourth-order valence-corrected chi connectivity index (χ4v) is 1.73. The molecular weight excluding hydrogens is 323 g/mol. The lowest BCUT2D eigenvalue weighted by Crippen LogP contribution is -1.81. The van der Waals surface area contributed by atoms with Gasteiger partial charge in [0, 0.05) is 9.78 Å². The van der Waals surface area contributed by atoms with Gasteiger partial charge in [0.25, 0.3) is 0 Å². The van der Waals surface area contributed by atoms with Gasteiger partial charge >= 0.3 is 0 Å². The lowest BCUT2D eigenvalue weighted by Gasteiger charge is -1.96. The molecule has 0 heterocycles. The Morgan fingerprint density at radius 1 is 1.06 bits per heavy atom. The minimum absolute atomic E-state index is 0.592. The zero-order valence-electron chi connectivity index (χ0n) is 8.97. The number of hydrogen-bond donors (Lipinski definition) is 0. The highest BCUT2D eigenvalue weighted by atomic mass is 127. The monoisotopic (exact) mass is 332 g/mol. The van der Waals surface area contributed by atoms with E-state index >= 15 is 0 Å². The summed E-state index contributed by atoms with van der Waals surface area (Å²) in [5, 5.41) is 8.93. The van der Waals surface area contributed by atoms with E-state index < -0.39 is 0 Å². The minimum Gasteiger partial charge on any atom is -0.255 e. The summed E-state index contributed by atoms with van der Waals surface area (Å²) in [5.74, 6) is 0. The van der Waals surface area contributed by atoms with E-state index in [0.29, 0.717) is 11.3 Å². The molecule has 2 nitrogen and oxygen atoms in total. The summed E-state index contributed by atoms with van der Waals surface area (Å²) < 4.78 is 1.19. The van der Waals surface area contributed by atoms with Crippen LogP contribution in [0.15, 0.2) is 53.5 Å². The van der Waals surface area contributed by atoms with E-state index in [9.17, 15) is 0 Å². The number of nitriles is 1. The molecule has 0 spiro atoms. The first-order chi connectivity index (χ1) is 8.29. The van der Waals surface area contributed by atoms with Crippen LogP contribution in [0.1, 0.15) is 11.1 Å². The van der Waals surface area contributed by atoms with Crippen LogP contribution in [0, 0.1) is 14.9 Å². The van der Waals surface area contributed by atoms with Crippen LogP contribution in [0.25, 0.3) is 0 Å². The van der Waals surface area contributed by atoms with Gasteiger partial charge in [-0.3, -0.25) is 4.99 Å². The van der Waals surface area contributed by atoms with E-state index in [0.717, 1.165) is 5.56 Å². The topological polar surface area (TPSA) is 36.1 Å². The molecular formula is C14H9IN2. The number of benzene rings is 2. The molecule has 0 fully saturated rings. The Balaban J connectivity index is 2.26. The Kier molecular flexibility index (Phi) is 3.89. The first-order valence-electron chi connectivity index (χ1n) is 5.08. The third-order valence-corrected chi connectivity index (χ3v) is 2.97. The van der Waals surface area contributed by atoms with Crippen LogP contribution in [-0.2, 0) is 0 Å². The standard InChI is InChI=1S/C14H9IN2/c15-13-7-5-11(6-8-13)10-17-14-4-2-1-3-12(14)9-16/h1-8,10H. The molecule has 0 bridgehead atoms. The van der Waals surface area contributed by atoms with Crippen molar-refractivity contribution >= 4 is 34.5 Å². The van der Waals surface area contributed by atoms with Crippen LogP contribution in [-0.4, -0.2) is 6.21 Å². The van der Waals surface area contributed by atoms with Gasteiger partial charge in [0.2, 0.25) is 0 Å². The molecule has 2 aromatic rings. The number of aliphatic imine (C=N–C) groups is 1. The van der Waals surface area contributed by atoms with Gasteiger partial charge in [-0.05, 0) is 52.4 Å². The van der Waals surface area contributed by atoms with Crippen molar-refractivity contribution in [2.24, 2.45) is 4.99 Å². The molecule has 2 aromatic carbocycles. The average Bonchev–Trinajstić information content (AvgIpc) is 2.38. The molecule has 0 aliphatic carbocycles. The maximum atomic E-state index is 8.93. The minimum atomic E-state index is 0.592. The van der Waals surface area contributed by atoms with Gasteiger partial charge in [0.1, 0.15) is 6.07 Å². The summed E-state index contributed by atoms with van der Waals surface area (Å²) in [6.07, 6.45) is 1.77. The Bertz CT molecular complexity index is 580. The van der Waals surface area contributed by atoms with E-state index in [1.807, 2.05) is 42.5 Å². The maximum Gasteiger partial charge on any atom is 0.101 e. The molecule has 82 valence electrons. The average molecular weight is 332 g/mol. The van der Waals surface area contributed by atoms with Crippen molar-refractivity contribution in [1.82, 2.24) is 0 Å². The largest absolute Gasteiger partial charge is 0.255 e. The van der Waals surface area contributed by atoms with E-state index in [1.165, 1.54) is 3.57 Å². The van der Waals surface area contributed by atoms with Crippen molar-refractivity contribution in [3.63, 3.8) is 0 Å². The summed E-state index contributed by atoms with van der Waals surface area (Å²) in [6.45, 7) is 0. The van der Waals surface area contributed by atoms with Gasteiger partial charge in [-0.2, -0.15) is 5.26 Å². The molecule has 0 amide bonds. The van der Waals surface area contributed by atoms with Gasteiger partial charge in [-0.25, -0.2) is 0 Å². The Morgan fingerprint density at radius 3 is 2.47 bits per heavy atom. The van der Waals surface area contributed by atoms with Gasteiger partial charge in [-0.15, -0.1) is 0 Å². The lowest BCUT2D eigenvalue weighted by atomic mass is 10.2. The third kappa shape index (κ3) is 3.14. The summed E-state index contributed by atoms with van der Waals surface area (Å²) >= 11 is 2.26. The van der Waals surface area contributed by atoms with Crippen molar-refractivity contribution in [3.05, 3.63) is 63.2 Å². The van der Waals surface area contributed by atoms with Gasteiger partial charge in [-0.1, -0.05) is 24.3 Å². The molecule has 3 heteroatoms. The predicted octanol–water partition coefficient (Wildman–Crippen LogP) is 3.91. The predicted molar refractivity (Wildman–Crippen MR) is 77.6 cm³/mol. The van der Waals surface area contributed by atoms with Gasteiger partial charge < -0.3 is 0 Å². The molecule has 0 N–H and O–H groups in total. The summed E-state index contributed by atoms with van der Waals surface area (Å²) in [7, 11) is 0. The van der Waals surface area contributed by atoms with Crippen molar-refractivity contribution < 1.29 is 0 Å². The number of nitrogens with zero attached hydrogens (tertiary/aromatic N) is 2. The second-order valence-electron chi connectivity index (χ2n) is 3.44. The van der Waals surface area contributed by atoms with Crippen molar-refractivity contribution in [2.45, 2.75) is 0 Å². The van der Waals surface area contributed by atoms with Crippen LogP contribution >= 0.6 is 22.6 Å². The smallest absolute Gasteiger partial charge is 0.101 e. The lowest BCUT2D eigenvalue weighted by molar-refractivity contribution is 1.44. The number of para-hydroxylation sites is 1. The van der Waals surface area contributed by atoms with Crippen LogP contribution in [0.5, 0.6) is 0 Å². The summed E-state index contributed by atoms with van der Waals surface area (Å²) in [5.41, 5.74) is 2.32. The number of hydrogen-bond acceptors (Lipinski definition) is 2. The first kappa shape index (κ1) is 11.8. The molecule has 2 rings (SSSR count). The molecule has 0 aliphatic rings. The van der Waals surface area contributed by atoms with Crippen LogP contribution in [0.4, 0.5) is 5.69 Å². The van der Waals surface area contributed by atoms with Crippen molar-refractivity contribution in [1.29, 1.82) is 5.26 Å². The van der Waals surface area contributed by atoms with Crippen molar-refractivity contribution in [2.75, 3.05) is 0 Å². The Labute approximate surface area is 114 Å². The van der Waals surface area contributed by atoms with E-state index in [-0.39, 0.29) is 0 Å². The van der Waals surface area contributed by atoms with Crippen molar-refractivity contribution in [3.8, 4) is 6.07 Å². The first-order valence-corrected chi connectivity index (χ1v) is 6.16. The van der Waals surface area contributed by atoms with Crippen LogP contribution in [0.2, 0.25) is 0 Å². The number of rotatable bonds is 2. The second-order valence-corrected chi connectivity index (χ2v) is 4.68. The molecule has 0 saturated carbocycles. The normalized spacial score (nSPS) is 10.4. The summed E-state index contributed by atoms with van der Waals surface area (Å²) in [6, 6.07) is 17.5. The molecule has 0 radical (unpaired) electrons. The van der Waals surface area contributed by atoms with Crippen LogP contribution in [0.3, 0.4) is 0 Å². The molecule has 0 aromatic heterocycles. The maximum absolute atomic E-state index is 8.93. The third-order valence-electron chi connectivity index (χ3n) is 2.25. The zero-order chi connectivity index (χ0) is 12.1. The fraction of sp³-hybridized carbons (Fsp3) is 0. The molecule has 0 aliphatic heterocycles. The van der Waals surface area contributed by atoms with E-state index in [1.54, 1.807) is 12.3 Å². The zero-order valence-corrected chi connectivity index (χ0v) is 11.1. The molecule has 0 unspecified atom stereocenters. The molecule has 0 saturated heterocycles. The van der Waals surface area contributed by atoms with Gasteiger partial charge in [0.15, 0.2) is 0 Å². The van der Waals surface area contributed by atoms with Gasteiger partial charge in [0.05, 0.1) is 11.3 Å². The second kappa shape index (κ2) is 5.60. The quantitative estimate of drug-likeness (QED) is 0.607. The van der Waals surface area contributed by atoms with E-state index in [4.69, 9.17) is 5.26 Å². The SMILES string of the molecule is N#Cc1ccccc1N=Cc1ccc(I)cc1. The Morgan fingerprint density at radius 2 is 1.76 bits per heavy atom. The number of halogens is 1. The highest BCUT2D eigenvalue weighted by molar-refractivity contribution is 14.1. The Hall–Kier alpha value is -1.67. The fourth-order valence-electron chi connectivity index (χ4n) is 1.37. The van der Waals surface area contributed by atoms with Crippen LogP contribution < -0.4 is 0 Å². The molecule has 17 heavy (non-hydrogen) atoms. The highest BCUT2D eigenvalue weighted by Crippen LogP contribution is 2.17. The molecule has 0 atom stereocenters.